The summed E-state index contributed by atoms with van der Waals surface area (Å²) in [7, 11) is 0. The quantitative estimate of drug-likeness (QED) is 0.921. The molecule has 1 aliphatic heterocycles. The number of halogens is 3. The molecule has 126 valence electrons. The van der Waals surface area contributed by atoms with Crippen molar-refractivity contribution in [2.24, 2.45) is 5.92 Å². The Hall–Kier alpha value is -2.12. The summed E-state index contributed by atoms with van der Waals surface area (Å²) < 4.78 is 37.4. The van der Waals surface area contributed by atoms with Crippen LogP contribution < -0.4 is 0 Å². The van der Waals surface area contributed by atoms with E-state index in [1.807, 2.05) is 0 Å². The minimum absolute atomic E-state index is 0.0501. The second kappa shape index (κ2) is 6.97. The van der Waals surface area contributed by atoms with E-state index in [4.69, 9.17) is 5.11 Å². The zero-order chi connectivity index (χ0) is 17.0. The van der Waals surface area contributed by atoms with E-state index in [-0.39, 0.29) is 23.8 Å². The van der Waals surface area contributed by atoms with E-state index in [1.54, 1.807) is 4.90 Å². The number of amides is 1. The number of nitrogens with zero attached hydrogens (tertiary/aromatic N) is 2. The number of aromatic nitrogens is 1. The van der Waals surface area contributed by atoms with Crippen molar-refractivity contribution in [1.82, 2.24) is 9.88 Å². The molecule has 0 aromatic carbocycles. The predicted octanol–water partition coefficient (Wildman–Crippen LogP) is 2.82. The number of carboxylic acids is 1. The van der Waals surface area contributed by atoms with E-state index in [1.165, 1.54) is 0 Å². The van der Waals surface area contributed by atoms with Gasteiger partial charge in [0.2, 0.25) is 0 Å². The fraction of sp³-hybridized carbons (Fsp3) is 0.533. The van der Waals surface area contributed by atoms with E-state index in [0.29, 0.717) is 19.5 Å². The summed E-state index contributed by atoms with van der Waals surface area (Å²) in [6, 6.07) is 1.91. The van der Waals surface area contributed by atoms with Crippen LogP contribution in [0, 0.1) is 5.92 Å². The molecule has 1 aliphatic rings. The molecule has 8 heteroatoms. The number of hydrogen-bond donors (Lipinski definition) is 1. The third-order valence-electron chi connectivity index (χ3n) is 3.87. The molecule has 2 heterocycles. The lowest BCUT2D eigenvalue weighted by Crippen LogP contribution is -2.40. The normalized spacial score (nSPS) is 18.7. The smallest absolute Gasteiger partial charge is 0.433 e. The van der Waals surface area contributed by atoms with Crippen LogP contribution in [0.4, 0.5) is 13.2 Å². The van der Waals surface area contributed by atoms with Crippen LogP contribution in [0.2, 0.25) is 0 Å². The van der Waals surface area contributed by atoms with Gasteiger partial charge in [-0.1, -0.05) is 0 Å². The number of rotatable bonds is 4. The molecular weight excluding hydrogens is 313 g/mol. The molecule has 1 aromatic rings. The van der Waals surface area contributed by atoms with E-state index in [0.717, 1.165) is 31.2 Å². The Kier molecular flexibility index (Phi) is 5.23. The van der Waals surface area contributed by atoms with Crippen molar-refractivity contribution in [1.29, 1.82) is 0 Å². The molecule has 0 unspecified atom stereocenters. The van der Waals surface area contributed by atoms with E-state index in [9.17, 15) is 22.8 Å². The first-order valence-electron chi connectivity index (χ1n) is 7.31. The van der Waals surface area contributed by atoms with Crippen molar-refractivity contribution < 1.29 is 27.9 Å². The second-order valence-corrected chi connectivity index (χ2v) is 5.62. The summed E-state index contributed by atoms with van der Waals surface area (Å²) in [5.41, 5.74) is -0.927. The van der Waals surface area contributed by atoms with Gasteiger partial charge >= 0.3 is 12.1 Å². The maximum absolute atomic E-state index is 12.5. The van der Waals surface area contributed by atoms with Crippen LogP contribution in [-0.2, 0) is 11.0 Å². The zero-order valence-electron chi connectivity index (χ0n) is 12.3. The summed E-state index contributed by atoms with van der Waals surface area (Å²) in [5.74, 6) is -1.14. The third kappa shape index (κ3) is 4.67. The van der Waals surface area contributed by atoms with Crippen LogP contribution in [0.3, 0.4) is 0 Å². The van der Waals surface area contributed by atoms with Gasteiger partial charge in [-0.05, 0) is 37.3 Å². The van der Waals surface area contributed by atoms with Crippen molar-refractivity contribution in [3.05, 3.63) is 29.6 Å². The first-order valence-corrected chi connectivity index (χ1v) is 7.31. The van der Waals surface area contributed by atoms with Gasteiger partial charge in [0.25, 0.3) is 5.91 Å². The molecular formula is C15H17F3N2O3. The Morgan fingerprint density at radius 1 is 1.35 bits per heavy atom. The SMILES string of the molecule is O=C(O)CC[C@H]1CCCN(C(=O)c2ccc(C(F)(F)F)nc2)C1. The highest BCUT2D eigenvalue weighted by atomic mass is 19.4. The minimum atomic E-state index is -4.53. The van der Waals surface area contributed by atoms with Gasteiger partial charge in [-0.15, -0.1) is 0 Å². The van der Waals surface area contributed by atoms with E-state index < -0.39 is 17.8 Å². The molecule has 1 saturated heterocycles. The lowest BCUT2D eigenvalue weighted by Gasteiger charge is -2.32. The number of carbonyl (C=O) groups is 2. The maximum atomic E-state index is 12.5. The number of piperidine rings is 1. The van der Waals surface area contributed by atoms with Crippen LogP contribution in [-0.4, -0.2) is 40.0 Å². The lowest BCUT2D eigenvalue weighted by molar-refractivity contribution is -0.141. The van der Waals surface area contributed by atoms with E-state index >= 15 is 0 Å². The fourth-order valence-corrected chi connectivity index (χ4v) is 2.68. The van der Waals surface area contributed by atoms with Gasteiger partial charge in [0.1, 0.15) is 5.69 Å². The zero-order valence-corrected chi connectivity index (χ0v) is 12.3. The van der Waals surface area contributed by atoms with Crippen LogP contribution >= 0.6 is 0 Å². The molecule has 0 spiro atoms. The first kappa shape index (κ1) is 17.2. The Labute approximate surface area is 131 Å². The van der Waals surface area contributed by atoms with Crippen molar-refractivity contribution in [2.75, 3.05) is 13.1 Å². The number of likely N-dealkylation sites (tertiary alicyclic amines) is 1. The molecule has 2 rings (SSSR count). The fourth-order valence-electron chi connectivity index (χ4n) is 2.68. The maximum Gasteiger partial charge on any atom is 0.433 e. The molecule has 1 aromatic heterocycles. The summed E-state index contributed by atoms with van der Waals surface area (Å²) in [6.07, 6.45) is -1.45. The van der Waals surface area contributed by atoms with Crippen molar-refractivity contribution in [3.63, 3.8) is 0 Å². The number of carbonyl (C=O) groups excluding carboxylic acids is 1. The Balaban J connectivity index is 2.00. The lowest BCUT2D eigenvalue weighted by atomic mass is 9.93. The van der Waals surface area contributed by atoms with Gasteiger partial charge in [-0.3, -0.25) is 14.6 Å². The van der Waals surface area contributed by atoms with E-state index in [2.05, 4.69) is 4.98 Å². The number of pyridine rings is 1. The molecule has 1 N–H and O–H groups in total. The summed E-state index contributed by atoms with van der Waals surface area (Å²) in [4.78, 5) is 27.8. The Bertz CT molecular complexity index is 572. The van der Waals surface area contributed by atoms with Gasteiger partial charge in [0, 0.05) is 25.7 Å². The molecule has 0 aliphatic carbocycles. The minimum Gasteiger partial charge on any atom is -0.481 e. The largest absolute Gasteiger partial charge is 0.481 e. The van der Waals surface area contributed by atoms with Crippen molar-refractivity contribution >= 4 is 11.9 Å². The predicted molar refractivity (Wildman–Crippen MR) is 74.7 cm³/mol. The molecule has 0 saturated carbocycles. The van der Waals surface area contributed by atoms with Crippen molar-refractivity contribution in [2.45, 2.75) is 31.9 Å². The van der Waals surface area contributed by atoms with Gasteiger partial charge in [0.15, 0.2) is 0 Å². The monoisotopic (exact) mass is 330 g/mol. The van der Waals surface area contributed by atoms with Crippen molar-refractivity contribution in [3.8, 4) is 0 Å². The third-order valence-corrected chi connectivity index (χ3v) is 3.87. The second-order valence-electron chi connectivity index (χ2n) is 5.62. The molecule has 23 heavy (non-hydrogen) atoms. The number of hydrogen-bond acceptors (Lipinski definition) is 3. The molecule has 0 bridgehead atoms. The average molecular weight is 330 g/mol. The average Bonchev–Trinajstić information content (AvgIpc) is 2.52. The topological polar surface area (TPSA) is 70.5 Å². The highest BCUT2D eigenvalue weighted by Gasteiger charge is 2.32. The van der Waals surface area contributed by atoms with Crippen LogP contribution in [0.1, 0.15) is 41.7 Å². The van der Waals surface area contributed by atoms with Crippen LogP contribution in [0.5, 0.6) is 0 Å². The molecule has 1 atom stereocenters. The van der Waals surface area contributed by atoms with Gasteiger partial charge < -0.3 is 10.0 Å². The number of alkyl halides is 3. The van der Waals surface area contributed by atoms with Crippen LogP contribution in [0.15, 0.2) is 18.3 Å². The summed E-state index contributed by atoms with van der Waals surface area (Å²) in [6.45, 7) is 0.941. The van der Waals surface area contributed by atoms with Gasteiger partial charge in [-0.2, -0.15) is 13.2 Å². The number of aliphatic carboxylic acids is 1. The highest BCUT2D eigenvalue weighted by molar-refractivity contribution is 5.94. The molecule has 5 nitrogen and oxygen atoms in total. The van der Waals surface area contributed by atoms with Gasteiger partial charge in [-0.25, -0.2) is 0 Å². The Morgan fingerprint density at radius 2 is 2.09 bits per heavy atom. The van der Waals surface area contributed by atoms with Crippen LogP contribution in [0.25, 0.3) is 0 Å². The van der Waals surface area contributed by atoms with Gasteiger partial charge in [0.05, 0.1) is 5.56 Å². The summed E-state index contributed by atoms with van der Waals surface area (Å²) in [5, 5.41) is 8.71. The highest BCUT2D eigenvalue weighted by Crippen LogP contribution is 2.28. The summed E-state index contributed by atoms with van der Waals surface area (Å²) >= 11 is 0. The number of carboxylic acid groups (broad SMARTS) is 1. The Morgan fingerprint density at radius 3 is 2.65 bits per heavy atom. The molecule has 1 amide bonds. The molecule has 0 radical (unpaired) electrons. The standard InChI is InChI=1S/C15H17F3N2O3/c16-15(17,18)12-5-4-11(8-19-12)14(23)20-7-1-2-10(9-20)3-6-13(21)22/h4-5,8,10H,1-3,6-7,9H2,(H,21,22)/t10-/m1/s1. The first-order chi connectivity index (χ1) is 10.8. The molecule has 1 fully saturated rings.